The zero-order chi connectivity index (χ0) is 13.9. The quantitative estimate of drug-likeness (QED) is 0.656. The molecule has 1 saturated heterocycles. The van der Waals surface area contributed by atoms with Crippen LogP contribution < -0.4 is 5.32 Å². The molecule has 1 unspecified atom stereocenters. The summed E-state index contributed by atoms with van der Waals surface area (Å²) in [7, 11) is 0. The van der Waals surface area contributed by atoms with Crippen molar-refractivity contribution in [3.05, 3.63) is 39.9 Å². The largest absolute Gasteiger partial charge is 0.371 e. The van der Waals surface area contributed by atoms with Crippen LogP contribution in [0.5, 0.6) is 0 Å². The number of nitro groups is 1. The van der Waals surface area contributed by atoms with Gasteiger partial charge in [0.25, 0.3) is 5.69 Å². The first-order valence-electron chi connectivity index (χ1n) is 6.59. The lowest BCUT2D eigenvalue weighted by atomic mass is 10.1. The second kappa shape index (κ2) is 5.67. The van der Waals surface area contributed by atoms with Crippen molar-refractivity contribution in [1.29, 1.82) is 0 Å². The molecule has 19 heavy (non-hydrogen) atoms. The molecule has 0 saturated carbocycles. The first kappa shape index (κ1) is 14.0. The van der Waals surface area contributed by atoms with E-state index >= 15 is 0 Å². The molecule has 1 atom stereocenters. The SMILES string of the molecule is CC1(C)CCC(CNCc2ccccc2[N+](=O)[O-])O1. The molecule has 1 N–H and O–H groups in total. The van der Waals surface area contributed by atoms with Crippen LogP contribution in [0.25, 0.3) is 0 Å². The van der Waals surface area contributed by atoms with Crippen molar-refractivity contribution in [2.75, 3.05) is 6.54 Å². The number of hydrogen-bond acceptors (Lipinski definition) is 4. The van der Waals surface area contributed by atoms with E-state index < -0.39 is 0 Å². The van der Waals surface area contributed by atoms with E-state index in [0.29, 0.717) is 12.1 Å². The molecule has 2 rings (SSSR count). The number of hydrogen-bond donors (Lipinski definition) is 1. The molecule has 1 aromatic carbocycles. The average molecular weight is 264 g/mol. The number of para-hydroxylation sites is 1. The van der Waals surface area contributed by atoms with E-state index in [1.54, 1.807) is 12.1 Å². The van der Waals surface area contributed by atoms with E-state index in [9.17, 15) is 10.1 Å². The summed E-state index contributed by atoms with van der Waals surface area (Å²) in [5, 5.41) is 14.1. The number of nitro benzene ring substituents is 1. The molecule has 0 radical (unpaired) electrons. The van der Waals surface area contributed by atoms with Gasteiger partial charge in [0.1, 0.15) is 0 Å². The number of nitrogens with one attached hydrogen (secondary N) is 1. The van der Waals surface area contributed by atoms with Gasteiger partial charge < -0.3 is 10.1 Å². The number of nitrogens with zero attached hydrogens (tertiary/aromatic N) is 1. The van der Waals surface area contributed by atoms with E-state index in [1.165, 1.54) is 6.07 Å². The predicted molar refractivity (Wildman–Crippen MR) is 73.0 cm³/mol. The van der Waals surface area contributed by atoms with Gasteiger partial charge in [-0.2, -0.15) is 0 Å². The van der Waals surface area contributed by atoms with Crippen molar-refractivity contribution in [3.8, 4) is 0 Å². The third kappa shape index (κ3) is 3.75. The van der Waals surface area contributed by atoms with Crippen molar-refractivity contribution in [2.24, 2.45) is 0 Å². The van der Waals surface area contributed by atoms with Crippen LogP contribution in [-0.2, 0) is 11.3 Å². The fourth-order valence-corrected chi connectivity index (χ4v) is 2.43. The topological polar surface area (TPSA) is 64.4 Å². The van der Waals surface area contributed by atoms with Crippen molar-refractivity contribution >= 4 is 5.69 Å². The molecular formula is C14H20N2O3. The Morgan fingerprint density at radius 1 is 1.47 bits per heavy atom. The van der Waals surface area contributed by atoms with E-state index in [2.05, 4.69) is 19.2 Å². The maximum absolute atomic E-state index is 10.9. The molecule has 5 heteroatoms. The zero-order valence-electron chi connectivity index (χ0n) is 11.4. The molecule has 0 aromatic heterocycles. The third-order valence-corrected chi connectivity index (χ3v) is 3.43. The van der Waals surface area contributed by atoms with Crippen LogP contribution >= 0.6 is 0 Å². The smallest absolute Gasteiger partial charge is 0.273 e. The summed E-state index contributed by atoms with van der Waals surface area (Å²) < 4.78 is 5.87. The van der Waals surface area contributed by atoms with Crippen molar-refractivity contribution in [1.82, 2.24) is 5.32 Å². The highest BCUT2D eigenvalue weighted by Crippen LogP contribution is 2.28. The number of benzene rings is 1. The Bertz CT molecular complexity index is 460. The maximum atomic E-state index is 10.9. The summed E-state index contributed by atoms with van der Waals surface area (Å²) in [6.45, 7) is 5.41. The van der Waals surface area contributed by atoms with Crippen LogP contribution in [0.2, 0.25) is 0 Å². The molecule has 104 valence electrons. The second-order valence-electron chi connectivity index (χ2n) is 5.55. The summed E-state index contributed by atoms with van der Waals surface area (Å²) in [4.78, 5) is 10.5. The van der Waals surface area contributed by atoms with Gasteiger partial charge >= 0.3 is 0 Å². The Morgan fingerprint density at radius 3 is 2.84 bits per heavy atom. The minimum absolute atomic E-state index is 0.0366. The van der Waals surface area contributed by atoms with Gasteiger partial charge in [0.05, 0.1) is 16.6 Å². The lowest BCUT2D eigenvalue weighted by molar-refractivity contribution is -0.385. The summed E-state index contributed by atoms with van der Waals surface area (Å²) in [6, 6.07) is 6.82. The molecule has 0 aliphatic carbocycles. The molecule has 1 fully saturated rings. The predicted octanol–water partition coefficient (Wildman–Crippen LogP) is 2.64. The molecule has 0 bridgehead atoms. The van der Waals surface area contributed by atoms with Gasteiger partial charge in [-0.05, 0) is 26.7 Å². The molecule has 1 aliphatic rings. The van der Waals surface area contributed by atoms with Gasteiger partial charge in [-0.1, -0.05) is 18.2 Å². The van der Waals surface area contributed by atoms with E-state index in [0.717, 1.165) is 19.4 Å². The van der Waals surface area contributed by atoms with Crippen LogP contribution in [0.15, 0.2) is 24.3 Å². The maximum Gasteiger partial charge on any atom is 0.273 e. The Labute approximate surface area is 113 Å². The molecule has 1 aromatic rings. The summed E-state index contributed by atoms with van der Waals surface area (Å²) >= 11 is 0. The van der Waals surface area contributed by atoms with Crippen LogP contribution in [0, 0.1) is 10.1 Å². The van der Waals surface area contributed by atoms with Gasteiger partial charge in [-0.25, -0.2) is 0 Å². The lowest BCUT2D eigenvalue weighted by Gasteiger charge is -2.19. The Hall–Kier alpha value is -1.46. The first-order valence-corrected chi connectivity index (χ1v) is 6.59. The molecular weight excluding hydrogens is 244 g/mol. The van der Waals surface area contributed by atoms with Crippen molar-refractivity contribution in [3.63, 3.8) is 0 Å². The molecule has 0 amide bonds. The van der Waals surface area contributed by atoms with Crippen molar-refractivity contribution in [2.45, 2.75) is 44.9 Å². The standard InChI is InChI=1S/C14H20N2O3/c1-14(2)8-7-12(19-14)10-15-9-11-5-3-4-6-13(11)16(17)18/h3-6,12,15H,7-10H2,1-2H3. The summed E-state index contributed by atoms with van der Waals surface area (Å²) in [5.74, 6) is 0. The highest BCUT2D eigenvalue weighted by atomic mass is 16.6. The van der Waals surface area contributed by atoms with Crippen LogP contribution in [-0.4, -0.2) is 23.2 Å². The number of ether oxygens (including phenoxy) is 1. The Kier molecular flexibility index (Phi) is 4.17. The summed E-state index contributed by atoms with van der Waals surface area (Å²) in [6.07, 6.45) is 2.31. The fourth-order valence-electron chi connectivity index (χ4n) is 2.43. The van der Waals surface area contributed by atoms with Crippen LogP contribution in [0.1, 0.15) is 32.3 Å². The monoisotopic (exact) mass is 264 g/mol. The van der Waals surface area contributed by atoms with Gasteiger partial charge in [0, 0.05) is 24.7 Å². The number of rotatable bonds is 5. The Morgan fingerprint density at radius 2 is 2.21 bits per heavy atom. The van der Waals surface area contributed by atoms with Gasteiger partial charge in [-0.15, -0.1) is 0 Å². The third-order valence-electron chi connectivity index (χ3n) is 3.43. The normalized spacial score (nSPS) is 21.5. The van der Waals surface area contributed by atoms with Gasteiger partial charge in [0.2, 0.25) is 0 Å². The van der Waals surface area contributed by atoms with Crippen LogP contribution in [0.3, 0.4) is 0 Å². The van der Waals surface area contributed by atoms with Gasteiger partial charge in [-0.3, -0.25) is 10.1 Å². The Balaban J connectivity index is 1.85. The minimum atomic E-state index is -0.341. The molecule has 1 aliphatic heterocycles. The van der Waals surface area contributed by atoms with Crippen molar-refractivity contribution < 1.29 is 9.66 Å². The average Bonchev–Trinajstić information content (AvgIpc) is 2.69. The highest BCUT2D eigenvalue weighted by Gasteiger charge is 2.31. The minimum Gasteiger partial charge on any atom is -0.371 e. The van der Waals surface area contributed by atoms with E-state index in [1.807, 2.05) is 6.07 Å². The fraction of sp³-hybridized carbons (Fsp3) is 0.571. The van der Waals surface area contributed by atoms with E-state index in [-0.39, 0.29) is 22.3 Å². The first-order chi connectivity index (χ1) is 8.98. The highest BCUT2D eigenvalue weighted by molar-refractivity contribution is 5.39. The molecule has 5 nitrogen and oxygen atoms in total. The second-order valence-corrected chi connectivity index (χ2v) is 5.55. The molecule has 1 heterocycles. The summed E-state index contributed by atoms with van der Waals surface area (Å²) in [5.41, 5.74) is 0.845. The van der Waals surface area contributed by atoms with Crippen LogP contribution in [0.4, 0.5) is 5.69 Å². The lowest BCUT2D eigenvalue weighted by Crippen LogP contribution is -2.29. The molecule has 0 spiro atoms. The zero-order valence-corrected chi connectivity index (χ0v) is 11.4. The van der Waals surface area contributed by atoms with Gasteiger partial charge in [0.15, 0.2) is 0 Å². The van der Waals surface area contributed by atoms with E-state index in [4.69, 9.17) is 4.74 Å².